The van der Waals surface area contributed by atoms with Crippen molar-refractivity contribution in [2.75, 3.05) is 0 Å². The van der Waals surface area contributed by atoms with Crippen LogP contribution in [0.25, 0.3) is 5.70 Å². The van der Waals surface area contributed by atoms with E-state index in [1.807, 2.05) is 31.2 Å². The third-order valence-electron chi connectivity index (χ3n) is 2.21. The van der Waals surface area contributed by atoms with Crippen molar-refractivity contribution in [3.8, 4) is 6.07 Å². The Labute approximate surface area is 83.2 Å². The molecule has 0 spiro atoms. The van der Waals surface area contributed by atoms with Gasteiger partial charge in [0.1, 0.15) is 0 Å². The first-order valence-corrected chi connectivity index (χ1v) is 4.54. The number of aliphatic imine (C=N–C) groups is 1. The Hall–Kier alpha value is -1.88. The molecular formula is C12H10N2. The minimum absolute atomic E-state index is 0.688. The van der Waals surface area contributed by atoms with E-state index in [1.54, 1.807) is 0 Å². The first kappa shape index (κ1) is 8.71. The third kappa shape index (κ3) is 1.57. The molecule has 2 heteroatoms. The second-order valence-electron chi connectivity index (χ2n) is 3.33. The number of nitrogens with zero attached hydrogens (tertiary/aromatic N) is 2. The predicted octanol–water partition coefficient (Wildman–Crippen LogP) is 2.76. The molecule has 1 aromatic carbocycles. The molecule has 1 aliphatic heterocycles. The van der Waals surface area contributed by atoms with Gasteiger partial charge in [0.2, 0.25) is 0 Å². The SMILES string of the molecule is CC1=NC(c2ccc(C#N)cc2)=CC1. The Bertz CT molecular complexity index is 444. The Morgan fingerprint density at radius 1 is 1.29 bits per heavy atom. The van der Waals surface area contributed by atoms with Gasteiger partial charge in [-0.3, -0.25) is 4.99 Å². The molecule has 0 N–H and O–H groups in total. The molecule has 0 saturated carbocycles. The summed E-state index contributed by atoms with van der Waals surface area (Å²) in [5.41, 5.74) is 3.94. The van der Waals surface area contributed by atoms with Gasteiger partial charge in [-0.25, -0.2) is 0 Å². The van der Waals surface area contributed by atoms with Gasteiger partial charge in [-0.05, 0) is 24.6 Å². The quantitative estimate of drug-likeness (QED) is 0.657. The zero-order valence-corrected chi connectivity index (χ0v) is 7.99. The van der Waals surface area contributed by atoms with E-state index in [0.717, 1.165) is 23.4 Å². The van der Waals surface area contributed by atoms with Crippen molar-refractivity contribution in [1.82, 2.24) is 0 Å². The molecule has 1 aromatic rings. The average molecular weight is 182 g/mol. The molecule has 0 amide bonds. The van der Waals surface area contributed by atoms with Crippen LogP contribution in [0.4, 0.5) is 0 Å². The zero-order chi connectivity index (χ0) is 9.97. The minimum atomic E-state index is 0.688. The van der Waals surface area contributed by atoms with Gasteiger partial charge in [-0.1, -0.05) is 18.2 Å². The summed E-state index contributed by atoms with van der Waals surface area (Å²) in [7, 11) is 0. The maximum atomic E-state index is 8.64. The van der Waals surface area contributed by atoms with Crippen LogP contribution in [0.2, 0.25) is 0 Å². The first-order valence-electron chi connectivity index (χ1n) is 4.54. The molecule has 0 atom stereocenters. The molecular weight excluding hydrogens is 172 g/mol. The largest absolute Gasteiger partial charge is 0.258 e. The van der Waals surface area contributed by atoms with E-state index in [1.165, 1.54) is 0 Å². The smallest absolute Gasteiger partial charge is 0.0991 e. The normalized spacial score (nSPS) is 14.6. The highest BCUT2D eigenvalue weighted by Crippen LogP contribution is 2.22. The second kappa shape index (κ2) is 3.47. The molecule has 1 aliphatic rings. The van der Waals surface area contributed by atoms with Crippen LogP contribution in [0.3, 0.4) is 0 Å². The summed E-state index contributed by atoms with van der Waals surface area (Å²) in [5, 5.41) is 8.64. The fourth-order valence-corrected chi connectivity index (χ4v) is 1.44. The number of benzene rings is 1. The van der Waals surface area contributed by atoms with E-state index in [-0.39, 0.29) is 0 Å². The summed E-state index contributed by atoms with van der Waals surface area (Å²) in [5.74, 6) is 0. The fourth-order valence-electron chi connectivity index (χ4n) is 1.44. The molecule has 0 saturated heterocycles. The van der Waals surface area contributed by atoms with Gasteiger partial charge in [0.25, 0.3) is 0 Å². The number of nitriles is 1. The van der Waals surface area contributed by atoms with E-state index >= 15 is 0 Å². The number of hydrogen-bond donors (Lipinski definition) is 0. The number of hydrogen-bond acceptors (Lipinski definition) is 2. The number of rotatable bonds is 1. The summed E-state index contributed by atoms with van der Waals surface area (Å²) in [6.45, 7) is 2.02. The van der Waals surface area contributed by atoms with Crippen LogP contribution in [0.15, 0.2) is 35.3 Å². The van der Waals surface area contributed by atoms with E-state index < -0.39 is 0 Å². The van der Waals surface area contributed by atoms with Crippen LogP contribution in [0, 0.1) is 11.3 Å². The van der Waals surface area contributed by atoms with Gasteiger partial charge < -0.3 is 0 Å². The highest BCUT2D eigenvalue weighted by molar-refractivity contribution is 5.94. The minimum Gasteiger partial charge on any atom is -0.258 e. The van der Waals surface area contributed by atoms with Gasteiger partial charge in [0.05, 0.1) is 17.3 Å². The fraction of sp³-hybridized carbons (Fsp3) is 0.167. The van der Waals surface area contributed by atoms with Crippen LogP contribution in [-0.2, 0) is 0 Å². The summed E-state index contributed by atoms with van der Waals surface area (Å²) >= 11 is 0. The molecule has 2 nitrogen and oxygen atoms in total. The Morgan fingerprint density at radius 3 is 2.50 bits per heavy atom. The zero-order valence-electron chi connectivity index (χ0n) is 7.99. The van der Waals surface area contributed by atoms with Crippen molar-refractivity contribution in [1.29, 1.82) is 5.26 Å². The molecule has 0 aromatic heterocycles. The number of allylic oxidation sites excluding steroid dienone is 1. The highest BCUT2D eigenvalue weighted by atomic mass is 14.8. The molecule has 0 fully saturated rings. The topological polar surface area (TPSA) is 36.1 Å². The molecule has 1 heterocycles. The van der Waals surface area contributed by atoms with E-state index in [4.69, 9.17) is 5.26 Å². The molecule has 0 unspecified atom stereocenters. The van der Waals surface area contributed by atoms with Crippen LogP contribution in [-0.4, -0.2) is 5.71 Å². The molecule has 68 valence electrons. The van der Waals surface area contributed by atoms with Gasteiger partial charge in [-0.15, -0.1) is 0 Å². The summed E-state index contributed by atoms with van der Waals surface area (Å²) < 4.78 is 0. The van der Waals surface area contributed by atoms with E-state index in [2.05, 4.69) is 17.1 Å². The summed E-state index contributed by atoms with van der Waals surface area (Å²) in [6, 6.07) is 9.61. The molecule has 14 heavy (non-hydrogen) atoms. The maximum absolute atomic E-state index is 8.64. The van der Waals surface area contributed by atoms with Gasteiger partial charge in [0.15, 0.2) is 0 Å². The van der Waals surface area contributed by atoms with Gasteiger partial charge >= 0.3 is 0 Å². The Kier molecular flexibility index (Phi) is 2.16. The van der Waals surface area contributed by atoms with Crippen molar-refractivity contribution >= 4 is 11.4 Å². The summed E-state index contributed by atoms with van der Waals surface area (Å²) in [4.78, 5) is 4.41. The van der Waals surface area contributed by atoms with E-state index in [0.29, 0.717) is 5.56 Å². The van der Waals surface area contributed by atoms with Crippen molar-refractivity contribution < 1.29 is 0 Å². The van der Waals surface area contributed by atoms with Crippen molar-refractivity contribution in [3.63, 3.8) is 0 Å². The van der Waals surface area contributed by atoms with Gasteiger partial charge in [0, 0.05) is 12.1 Å². The lowest BCUT2D eigenvalue weighted by molar-refractivity contribution is 1.46. The molecule has 2 rings (SSSR count). The third-order valence-corrected chi connectivity index (χ3v) is 2.21. The van der Waals surface area contributed by atoms with Crippen LogP contribution in [0.1, 0.15) is 24.5 Å². The van der Waals surface area contributed by atoms with Crippen LogP contribution < -0.4 is 0 Å². The maximum Gasteiger partial charge on any atom is 0.0991 e. The van der Waals surface area contributed by atoms with Crippen LogP contribution >= 0.6 is 0 Å². The molecule has 0 aliphatic carbocycles. The monoisotopic (exact) mass is 182 g/mol. The lowest BCUT2D eigenvalue weighted by Crippen LogP contribution is -1.81. The summed E-state index contributed by atoms with van der Waals surface area (Å²) in [6.07, 6.45) is 3.05. The average Bonchev–Trinajstić information content (AvgIpc) is 2.65. The molecule has 0 radical (unpaired) electrons. The van der Waals surface area contributed by atoms with Crippen molar-refractivity contribution in [3.05, 3.63) is 41.5 Å². The first-order chi connectivity index (χ1) is 6.79. The Morgan fingerprint density at radius 2 is 2.00 bits per heavy atom. The molecule has 0 bridgehead atoms. The predicted molar refractivity (Wildman–Crippen MR) is 56.9 cm³/mol. The van der Waals surface area contributed by atoms with Crippen molar-refractivity contribution in [2.45, 2.75) is 13.3 Å². The van der Waals surface area contributed by atoms with Crippen molar-refractivity contribution in [2.24, 2.45) is 4.99 Å². The standard InChI is InChI=1S/C12H10N2/c1-9-2-7-12(14-9)11-5-3-10(8-13)4-6-11/h3-7H,2H2,1H3. The van der Waals surface area contributed by atoms with Crippen LogP contribution in [0.5, 0.6) is 0 Å². The second-order valence-corrected chi connectivity index (χ2v) is 3.33. The Balaban J connectivity index is 2.31. The highest BCUT2D eigenvalue weighted by Gasteiger charge is 2.06. The lowest BCUT2D eigenvalue weighted by atomic mass is 10.1. The van der Waals surface area contributed by atoms with E-state index in [9.17, 15) is 0 Å². The van der Waals surface area contributed by atoms with Gasteiger partial charge in [-0.2, -0.15) is 5.26 Å². The lowest BCUT2D eigenvalue weighted by Gasteiger charge is -1.98.